The molecule has 5 rings (SSSR count). The third-order valence-corrected chi connectivity index (χ3v) is 7.87. The number of alkyl halides is 3. The average molecular weight is 506 g/mol. The molecule has 1 aromatic carbocycles. The van der Waals surface area contributed by atoms with Crippen molar-refractivity contribution >= 4 is 34.2 Å². The van der Waals surface area contributed by atoms with Crippen molar-refractivity contribution in [2.45, 2.75) is 38.9 Å². The van der Waals surface area contributed by atoms with E-state index in [1.807, 2.05) is 9.80 Å². The number of rotatable bonds is 5. The molecule has 4 heterocycles. The van der Waals surface area contributed by atoms with Crippen molar-refractivity contribution in [3.05, 3.63) is 46.2 Å². The van der Waals surface area contributed by atoms with Crippen LogP contribution in [0.1, 0.15) is 45.2 Å². The molecule has 0 bridgehead atoms. The van der Waals surface area contributed by atoms with Crippen LogP contribution < -0.4 is 0 Å². The molecule has 0 aliphatic carbocycles. The monoisotopic (exact) mass is 505 g/mol. The highest BCUT2D eigenvalue weighted by Gasteiger charge is 2.38. The largest absolute Gasteiger partial charge is 0.390 e. The summed E-state index contributed by atoms with van der Waals surface area (Å²) in [6.45, 7) is 4.26. The topological polar surface area (TPSA) is 71.3 Å². The van der Waals surface area contributed by atoms with Crippen LogP contribution in [0.5, 0.6) is 0 Å². The SMILES string of the molecule is Cc1nc2cc(C(=O)N3CC(C4CCN(C(=O)c5nccs5)CC4)C3)ccc2n1CCC(F)(F)F. The predicted molar refractivity (Wildman–Crippen MR) is 125 cm³/mol. The summed E-state index contributed by atoms with van der Waals surface area (Å²) < 4.78 is 39.5. The summed E-state index contributed by atoms with van der Waals surface area (Å²) in [4.78, 5) is 37.6. The Kier molecular flexibility index (Phi) is 6.29. The third-order valence-electron chi connectivity index (χ3n) is 7.11. The molecule has 186 valence electrons. The van der Waals surface area contributed by atoms with E-state index in [0.29, 0.717) is 65.4 Å². The molecule has 0 atom stereocenters. The summed E-state index contributed by atoms with van der Waals surface area (Å²) in [5, 5.41) is 2.33. The van der Waals surface area contributed by atoms with Crippen LogP contribution in [0.4, 0.5) is 13.2 Å². The number of aryl methyl sites for hydroxylation is 2. The van der Waals surface area contributed by atoms with E-state index in [4.69, 9.17) is 0 Å². The number of thiazole rings is 1. The van der Waals surface area contributed by atoms with Crippen molar-refractivity contribution in [3.63, 3.8) is 0 Å². The highest BCUT2D eigenvalue weighted by atomic mass is 32.1. The van der Waals surface area contributed by atoms with Crippen molar-refractivity contribution in [3.8, 4) is 0 Å². The first-order valence-electron chi connectivity index (χ1n) is 11.7. The fraction of sp³-hybridized carbons (Fsp3) is 0.500. The molecule has 0 unspecified atom stereocenters. The van der Waals surface area contributed by atoms with Crippen molar-refractivity contribution in [1.29, 1.82) is 0 Å². The van der Waals surface area contributed by atoms with E-state index < -0.39 is 12.6 Å². The molecule has 2 saturated heterocycles. The Morgan fingerprint density at radius 2 is 1.83 bits per heavy atom. The van der Waals surface area contributed by atoms with E-state index in [1.165, 1.54) is 11.3 Å². The van der Waals surface area contributed by atoms with Crippen LogP contribution in [0.3, 0.4) is 0 Å². The van der Waals surface area contributed by atoms with Gasteiger partial charge >= 0.3 is 6.18 Å². The number of amides is 2. The predicted octanol–water partition coefficient (Wildman–Crippen LogP) is 4.38. The van der Waals surface area contributed by atoms with Crippen LogP contribution in [0, 0.1) is 18.8 Å². The maximum atomic E-state index is 13.0. The van der Waals surface area contributed by atoms with Crippen LogP contribution in [-0.4, -0.2) is 68.5 Å². The summed E-state index contributed by atoms with van der Waals surface area (Å²) in [5.74, 6) is 1.31. The van der Waals surface area contributed by atoms with Crippen LogP contribution in [-0.2, 0) is 6.54 Å². The molecule has 3 aromatic rings. The van der Waals surface area contributed by atoms with Gasteiger partial charge in [0.15, 0.2) is 5.01 Å². The van der Waals surface area contributed by atoms with Crippen LogP contribution in [0.25, 0.3) is 11.0 Å². The van der Waals surface area contributed by atoms with E-state index >= 15 is 0 Å². The lowest BCUT2D eigenvalue weighted by Gasteiger charge is -2.46. The van der Waals surface area contributed by atoms with E-state index in [0.717, 1.165) is 12.8 Å². The first-order valence-corrected chi connectivity index (χ1v) is 12.6. The highest BCUT2D eigenvalue weighted by Crippen LogP contribution is 2.33. The van der Waals surface area contributed by atoms with Crippen molar-refractivity contribution in [1.82, 2.24) is 24.3 Å². The molecular weight excluding hydrogens is 479 g/mol. The standard InChI is InChI=1S/C24H26F3N5O2S/c1-15-29-19-12-17(2-3-20(19)32(15)10-6-24(25,26)27)22(33)31-13-18(14-31)16-4-8-30(9-5-16)23(34)21-28-7-11-35-21/h2-3,7,11-12,16,18H,4-6,8-10,13-14H2,1H3. The molecule has 0 spiro atoms. The fourth-order valence-corrected chi connectivity index (χ4v) is 5.70. The van der Waals surface area contributed by atoms with Crippen molar-refractivity contribution in [2.75, 3.05) is 26.2 Å². The molecule has 2 fully saturated rings. The molecule has 35 heavy (non-hydrogen) atoms. The number of hydrogen-bond donors (Lipinski definition) is 0. The Bertz CT molecular complexity index is 1230. The van der Waals surface area contributed by atoms with Crippen LogP contribution >= 0.6 is 11.3 Å². The first kappa shape index (κ1) is 23.8. The average Bonchev–Trinajstić information content (AvgIpc) is 3.43. The highest BCUT2D eigenvalue weighted by molar-refractivity contribution is 7.11. The molecule has 7 nitrogen and oxygen atoms in total. The second-order valence-corrected chi connectivity index (χ2v) is 10.2. The molecular formula is C24H26F3N5O2S. The minimum absolute atomic E-state index is 0.00431. The quantitative estimate of drug-likeness (QED) is 0.516. The lowest BCUT2D eigenvalue weighted by Crippen LogP contribution is -2.54. The number of nitrogens with zero attached hydrogens (tertiary/aromatic N) is 5. The van der Waals surface area contributed by atoms with E-state index in [-0.39, 0.29) is 18.4 Å². The Balaban J connectivity index is 1.16. The van der Waals surface area contributed by atoms with Gasteiger partial charge in [0.2, 0.25) is 0 Å². The lowest BCUT2D eigenvalue weighted by atomic mass is 9.79. The number of benzene rings is 1. The molecule has 2 amide bonds. The maximum absolute atomic E-state index is 13.0. The number of aromatic nitrogens is 3. The van der Waals surface area contributed by atoms with Crippen LogP contribution in [0.2, 0.25) is 0 Å². The maximum Gasteiger partial charge on any atom is 0.390 e. The number of imidazole rings is 1. The van der Waals surface area contributed by atoms with E-state index in [9.17, 15) is 22.8 Å². The fourth-order valence-electron chi connectivity index (χ4n) is 5.10. The van der Waals surface area contributed by atoms with Gasteiger partial charge in [0, 0.05) is 49.9 Å². The first-order chi connectivity index (χ1) is 16.7. The lowest BCUT2D eigenvalue weighted by molar-refractivity contribution is -0.136. The minimum Gasteiger partial charge on any atom is -0.338 e. The van der Waals surface area contributed by atoms with Gasteiger partial charge in [-0.2, -0.15) is 13.2 Å². The summed E-state index contributed by atoms with van der Waals surface area (Å²) in [6.07, 6.45) is -1.68. The zero-order chi connectivity index (χ0) is 24.7. The summed E-state index contributed by atoms with van der Waals surface area (Å²) in [7, 11) is 0. The van der Waals surface area contributed by atoms with Gasteiger partial charge in [-0.15, -0.1) is 11.3 Å². The number of carbonyl (C=O) groups excluding carboxylic acids is 2. The summed E-state index contributed by atoms with van der Waals surface area (Å²) in [5.41, 5.74) is 1.63. The molecule has 0 N–H and O–H groups in total. The van der Waals surface area contributed by atoms with E-state index in [2.05, 4.69) is 9.97 Å². The zero-order valence-corrected chi connectivity index (χ0v) is 20.1. The third kappa shape index (κ3) is 4.91. The molecule has 2 aliphatic heterocycles. The zero-order valence-electron chi connectivity index (χ0n) is 19.3. The summed E-state index contributed by atoms with van der Waals surface area (Å²) >= 11 is 1.36. The Morgan fingerprint density at radius 1 is 1.09 bits per heavy atom. The van der Waals surface area contributed by atoms with Gasteiger partial charge in [-0.1, -0.05) is 0 Å². The number of fused-ring (bicyclic) bond motifs is 1. The smallest absolute Gasteiger partial charge is 0.338 e. The molecule has 2 aromatic heterocycles. The minimum atomic E-state index is -4.24. The van der Waals surface area contributed by atoms with Crippen molar-refractivity contribution < 1.29 is 22.8 Å². The number of likely N-dealkylation sites (tertiary alicyclic amines) is 2. The molecule has 2 aliphatic rings. The van der Waals surface area contributed by atoms with E-state index in [1.54, 1.807) is 41.3 Å². The Labute approximate surface area is 204 Å². The van der Waals surface area contributed by atoms with Gasteiger partial charge in [0.1, 0.15) is 5.82 Å². The van der Waals surface area contributed by atoms with Crippen molar-refractivity contribution in [2.24, 2.45) is 11.8 Å². The van der Waals surface area contributed by atoms with Gasteiger partial charge < -0.3 is 14.4 Å². The van der Waals surface area contributed by atoms with Gasteiger partial charge in [0.05, 0.1) is 17.5 Å². The molecule has 0 radical (unpaired) electrons. The number of piperidine rings is 1. The molecule has 0 saturated carbocycles. The van der Waals surface area contributed by atoms with Gasteiger partial charge in [-0.05, 0) is 49.8 Å². The normalized spacial score (nSPS) is 17.7. The second-order valence-electron chi connectivity index (χ2n) is 9.32. The number of hydrogen-bond acceptors (Lipinski definition) is 5. The molecule has 11 heteroatoms. The number of halogens is 3. The van der Waals surface area contributed by atoms with Crippen LogP contribution in [0.15, 0.2) is 29.8 Å². The number of carbonyl (C=O) groups is 2. The summed E-state index contributed by atoms with van der Waals surface area (Å²) in [6, 6.07) is 5.03. The van der Waals surface area contributed by atoms with Gasteiger partial charge in [-0.3, -0.25) is 9.59 Å². The Hall–Kier alpha value is -2.95. The van der Waals surface area contributed by atoms with Gasteiger partial charge in [-0.25, -0.2) is 9.97 Å². The Morgan fingerprint density at radius 3 is 2.49 bits per heavy atom. The second kappa shape index (κ2) is 9.25. The van der Waals surface area contributed by atoms with Gasteiger partial charge in [0.25, 0.3) is 11.8 Å².